The molecule has 4 rings (SSSR count). The molecule has 0 saturated carbocycles. The molecule has 1 aliphatic rings. The third-order valence-corrected chi connectivity index (χ3v) is 3.98. The van der Waals surface area contributed by atoms with Crippen molar-refractivity contribution in [2.45, 2.75) is 12.8 Å². The topological polar surface area (TPSA) is 86.2 Å². The Morgan fingerprint density at radius 3 is 2.74 bits per heavy atom. The summed E-state index contributed by atoms with van der Waals surface area (Å²) in [4.78, 5) is 8.78. The highest BCUT2D eigenvalue weighted by Gasteiger charge is 2.24. The van der Waals surface area contributed by atoms with Gasteiger partial charge in [0.1, 0.15) is 17.3 Å². The molecule has 0 amide bonds. The van der Waals surface area contributed by atoms with Crippen LogP contribution in [0, 0.1) is 0 Å². The number of nitrogens with two attached hydrogens (primary N) is 1. The Labute approximate surface area is 133 Å². The molecule has 3 N–H and O–H groups in total. The van der Waals surface area contributed by atoms with Crippen LogP contribution in [-0.2, 0) is 12.8 Å². The molecule has 0 spiro atoms. The second-order valence-corrected chi connectivity index (χ2v) is 5.37. The lowest BCUT2D eigenvalue weighted by molar-refractivity contribution is 0.415. The Bertz CT molecular complexity index is 856. The molecular weight excluding hydrogens is 292 g/mol. The highest BCUT2D eigenvalue weighted by atomic mass is 16.5. The van der Waals surface area contributed by atoms with Crippen molar-refractivity contribution in [3.8, 4) is 17.0 Å². The zero-order valence-corrected chi connectivity index (χ0v) is 12.7. The Morgan fingerprint density at radius 1 is 1.13 bits per heavy atom. The summed E-state index contributed by atoms with van der Waals surface area (Å²) in [6, 6.07) is 9.60. The Balaban J connectivity index is 1.75. The van der Waals surface area contributed by atoms with E-state index < -0.39 is 0 Å². The molecule has 23 heavy (non-hydrogen) atoms. The maximum absolute atomic E-state index is 5.90. The number of fused-ring (bicyclic) bond motifs is 3. The van der Waals surface area contributed by atoms with Crippen LogP contribution in [0.4, 0.5) is 17.5 Å². The third kappa shape index (κ3) is 2.38. The van der Waals surface area contributed by atoms with Crippen molar-refractivity contribution in [1.29, 1.82) is 0 Å². The number of aryl methyl sites for hydroxylation is 1. The lowest BCUT2D eigenvalue weighted by Crippen LogP contribution is -2.11. The molecule has 6 nitrogen and oxygen atoms in total. The van der Waals surface area contributed by atoms with Crippen molar-refractivity contribution >= 4 is 17.5 Å². The van der Waals surface area contributed by atoms with Gasteiger partial charge < -0.3 is 20.2 Å². The average molecular weight is 308 g/mol. The van der Waals surface area contributed by atoms with Crippen LogP contribution < -0.4 is 15.8 Å². The van der Waals surface area contributed by atoms with E-state index >= 15 is 0 Å². The minimum absolute atomic E-state index is 0.244. The lowest BCUT2D eigenvalue weighted by atomic mass is 9.95. The molecule has 2 aromatic heterocycles. The molecule has 1 aliphatic carbocycles. The second-order valence-electron chi connectivity index (χ2n) is 5.37. The number of nitrogens with zero attached hydrogens (tertiary/aromatic N) is 2. The summed E-state index contributed by atoms with van der Waals surface area (Å²) < 4.78 is 10.7. The van der Waals surface area contributed by atoms with E-state index in [0.29, 0.717) is 0 Å². The molecule has 0 fully saturated rings. The smallest absolute Gasteiger partial charge is 0.222 e. The van der Waals surface area contributed by atoms with Crippen LogP contribution in [-0.4, -0.2) is 17.1 Å². The SMILES string of the molecule is COc1ccc(Nc2nc(N)nc3c2CCc2occc2-3)cc1. The number of nitrogens with one attached hydrogen (secondary N) is 1. The van der Waals surface area contributed by atoms with Gasteiger partial charge in [-0.3, -0.25) is 0 Å². The minimum atomic E-state index is 0.244. The summed E-state index contributed by atoms with van der Waals surface area (Å²) >= 11 is 0. The van der Waals surface area contributed by atoms with Crippen LogP contribution in [0.3, 0.4) is 0 Å². The van der Waals surface area contributed by atoms with Gasteiger partial charge in [-0.1, -0.05) is 0 Å². The van der Waals surface area contributed by atoms with Gasteiger partial charge in [0.2, 0.25) is 5.95 Å². The number of aromatic nitrogens is 2. The summed E-state index contributed by atoms with van der Waals surface area (Å²) in [5.41, 5.74) is 9.72. The first-order valence-corrected chi connectivity index (χ1v) is 7.39. The van der Waals surface area contributed by atoms with Gasteiger partial charge in [-0.05, 0) is 36.8 Å². The van der Waals surface area contributed by atoms with Crippen molar-refractivity contribution in [3.63, 3.8) is 0 Å². The van der Waals surface area contributed by atoms with Crippen molar-refractivity contribution < 1.29 is 9.15 Å². The van der Waals surface area contributed by atoms with Crippen molar-refractivity contribution in [3.05, 3.63) is 47.9 Å². The van der Waals surface area contributed by atoms with E-state index in [1.54, 1.807) is 13.4 Å². The normalized spacial score (nSPS) is 12.4. The number of methoxy groups -OCH3 is 1. The highest BCUT2D eigenvalue weighted by molar-refractivity contribution is 5.75. The van der Waals surface area contributed by atoms with E-state index in [2.05, 4.69) is 15.3 Å². The number of hydrogen-bond donors (Lipinski definition) is 2. The van der Waals surface area contributed by atoms with E-state index in [4.69, 9.17) is 14.9 Å². The monoisotopic (exact) mass is 308 g/mol. The van der Waals surface area contributed by atoms with E-state index in [1.807, 2.05) is 30.3 Å². The van der Waals surface area contributed by atoms with Gasteiger partial charge >= 0.3 is 0 Å². The number of anilines is 3. The number of furan rings is 1. The number of rotatable bonds is 3. The van der Waals surface area contributed by atoms with E-state index in [9.17, 15) is 0 Å². The van der Waals surface area contributed by atoms with E-state index in [1.165, 1.54) is 0 Å². The number of hydrogen-bond acceptors (Lipinski definition) is 6. The molecule has 0 saturated heterocycles. The molecule has 6 heteroatoms. The second kappa shape index (κ2) is 5.31. The fourth-order valence-electron chi connectivity index (χ4n) is 2.86. The zero-order valence-electron chi connectivity index (χ0n) is 12.7. The molecule has 0 atom stereocenters. The fraction of sp³-hybridized carbons (Fsp3) is 0.176. The summed E-state index contributed by atoms with van der Waals surface area (Å²) in [5.74, 6) is 2.74. The van der Waals surface area contributed by atoms with Gasteiger partial charge in [-0.2, -0.15) is 4.98 Å². The standard InChI is InChI=1S/C17H16N4O2/c1-22-11-4-2-10(3-5-11)19-16-13-6-7-14-12(8-9-23-14)15(13)20-17(18)21-16/h2-5,8-9H,6-7H2,1H3,(H3,18,19,20,21). The first kappa shape index (κ1) is 13.6. The Kier molecular flexibility index (Phi) is 3.15. The first-order chi connectivity index (χ1) is 11.2. The predicted octanol–water partition coefficient (Wildman–Crippen LogP) is 3.17. The predicted molar refractivity (Wildman–Crippen MR) is 87.8 cm³/mol. The maximum atomic E-state index is 5.90. The van der Waals surface area contributed by atoms with Gasteiger partial charge in [-0.25, -0.2) is 4.98 Å². The van der Waals surface area contributed by atoms with Gasteiger partial charge in [0.15, 0.2) is 0 Å². The van der Waals surface area contributed by atoms with Crippen molar-refractivity contribution in [2.75, 3.05) is 18.2 Å². The number of nitrogen functional groups attached to an aromatic ring is 1. The molecule has 116 valence electrons. The number of ether oxygens (including phenoxy) is 1. The van der Waals surface area contributed by atoms with Crippen LogP contribution in [0.1, 0.15) is 11.3 Å². The van der Waals surface area contributed by atoms with Gasteiger partial charge in [0, 0.05) is 23.2 Å². The largest absolute Gasteiger partial charge is 0.497 e. The highest BCUT2D eigenvalue weighted by Crippen LogP contribution is 2.37. The molecule has 1 aromatic carbocycles. The molecule has 0 bridgehead atoms. The zero-order chi connectivity index (χ0) is 15.8. The Hall–Kier alpha value is -3.02. The van der Waals surface area contributed by atoms with Crippen molar-refractivity contribution in [2.24, 2.45) is 0 Å². The quantitative estimate of drug-likeness (QED) is 0.773. The first-order valence-electron chi connectivity index (χ1n) is 7.39. The molecule has 0 aliphatic heterocycles. The van der Waals surface area contributed by atoms with Crippen molar-refractivity contribution in [1.82, 2.24) is 9.97 Å². The molecule has 3 aromatic rings. The van der Waals surface area contributed by atoms with Crippen LogP contribution >= 0.6 is 0 Å². The average Bonchev–Trinajstić information content (AvgIpc) is 3.04. The minimum Gasteiger partial charge on any atom is -0.497 e. The molecule has 0 radical (unpaired) electrons. The third-order valence-electron chi connectivity index (χ3n) is 3.98. The lowest BCUT2D eigenvalue weighted by Gasteiger charge is -2.19. The fourth-order valence-corrected chi connectivity index (χ4v) is 2.86. The van der Waals surface area contributed by atoms with Crippen LogP contribution in [0.5, 0.6) is 5.75 Å². The Morgan fingerprint density at radius 2 is 1.96 bits per heavy atom. The maximum Gasteiger partial charge on any atom is 0.222 e. The number of benzene rings is 1. The summed E-state index contributed by atoms with van der Waals surface area (Å²) in [6.07, 6.45) is 3.34. The van der Waals surface area contributed by atoms with Crippen LogP contribution in [0.15, 0.2) is 41.0 Å². The van der Waals surface area contributed by atoms with Gasteiger partial charge in [0.25, 0.3) is 0 Å². The van der Waals surface area contributed by atoms with E-state index in [-0.39, 0.29) is 5.95 Å². The van der Waals surface area contributed by atoms with Crippen LogP contribution in [0.2, 0.25) is 0 Å². The molecule has 0 unspecified atom stereocenters. The molecular formula is C17H16N4O2. The summed E-state index contributed by atoms with van der Waals surface area (Å²) in [6.45, 7) is 0. The molecule has 2 heterocycles. The summed E-state index contributed by atoms with van der Waals surface area (Å²) in [7, 11) is 1.65. The van der Waals surface area contributed by atoms with Gasteiger partial charge in [0.05, 0.1) is 19.1 Å². The van der Waals surface area contributed by atoms with Crippen LogP contribution in [0.25, 0.3) is 11.3 Å². The summed E-state index contributed by atoms with van der Waals surface area (Å²) in [5, 5.41) is 3.33. The van der Waals surface area contributed by atoms with E-state index in [0.717, 1.165) is 52.7 Å². The van der Waals surface area contributed by atoms with Gasteiger partial charge in [-0.15, -0.1) is 0 Å².